The van der Waals surface area contributed by atoms with Gasteiger partial charge in [0.15, 0.2) is 0 Å². The Balaban J connectivity index is 1.43. The number of hydrogen-bond acceptors (Lipinski definition) is 5. The van der Waals surface area contributed by atoms with E-state index in [4.69, 9.17) is 21.1 Å². The molecule has 1 aromatic carbocycles. The lowest BCUT2D eigenvalue weighted by Crippen LogP contribution is -2.38. The molecular weight excluding hydrogens is 370 g/mol. The SMILES string of the molecule is O=C(CCN1CCOCC1)OC1CCCCC1SCc1ccc(Cl)cc1. The maximum absolute atomic E-state index is 12.3. The molecule has 1 aromatic rings. The number of ether oxygens (including phenoxy) is 2. The van der Waals surface area contributed by atoms with Crippen LogP contribution in [0.3, 0.4) is 0 Å². The number of halogens is 1. The Labute approximate surface area is 165 Å². The molecule has 6 heteroatoms. The first-order chi connectivity index (χ1) is 12.7. The third kappa shape index (κ3) is 6.45. The lowest BCUT2D eigenvalue weighted by atomic mass is 9.97. The van der Waals surface area contributed by atoms with Gasteiger partial charge in [-0.25, -0.2) is 0 Å². The molecule has 0 spiro atoms. The molecule has 2 atom stereocenters. The predicted molar refractivity (Wildman–Crippen MR) is 107 cm³/mol. The average molecular weight is 398 g/mol. The summed E-state index contributed by atoms with van der Waals surface area (Å²) >= 11 is 7.86. The van der Waals surface area contributed by atoms with Gasteiger partial charge < -0.3 is 9.47 Å². The number of morpholine rings is 1. The molecular formula is C20H28ClNO3S. The van der Waals surface area contributed by atoms with E-state index in [0.717, 1.165) is 62.9 Å². The van der Waals surface area contributed by atoms with Crippen LogP contribution in [0.15, 0.2) is 24.3 Å². The maximum atomic E-state index is 12.3. The maximum Gasteiger partial charge on any atom is 0.307 e. The van der Waals surface area contributed by atoms with Gasteiger partial charge in [-0.05, 0) is 37.0 Å². The fourth-order valence-electron chi connectivity index (χ4n) is 3.47. The molecule has 0 bridgehead atoms. The fraction of sp³-hybridized carbons (Fsp3) is 0.650. The van der Waals surface area contributed by atoms with Gasteiger partial charge in [0.2, 0.25) is 0 Å². The quantitative estimate of drug-likeness (QED) is 0.646. The van der Waals surface area contributed by atoms with Gasteiger partial charge >= 0.3 is 5.97 Å². The summed E-state index contributed by atoms with van der Waals surface area (Å²) in [6, 6.07) is 8.01. The van der Waals surface area contributed by atoms with Crippen LogP contribution in [0.25, 0.3) is 0 Å². The Kier molecular flexibility index (Phi) is 8.11. The number of thioether (sulfide) groups is 1. The molecule has 26 heavy (non-hydrogen) atoms. The van der Waals surface area contributed by atoms with Gasteiger partial charge in [-0.3, -0.25) is 9.69 Å². The predicted octanol–water partition coefficient (Wildman–Crippen LogP) is 4.15. The lowest BCUT2D eigenvalue weighted by Gasteiger charge is -2.31. The van der Waals surface area contributed by atoms with Crippen molar-refractivity contribution in [3.8, 4) is 0 Å². The summed E-state index contributed by atoms with van der Waals surface area (Å²) in [5, 5.41) is 1.16. The third-order valence-corrected chi connectivity index (χ3v) is 6.76. The van der Waals surface area contributed by atoms with Gasteiger partial charge in [-0.2, -0.15) is 0 Å². The Morgan fingerprint density at radius 2 is 1.92 bits per heavy atom. The summed E-state index contributed by atoms with van der Waals surface area (Å²) in [5.41, 5.74) is 1.27. The number of carbonyl (C=O) groups excluding carboxylic acids is 1. The number of carbonyl (C=O) groups is 1. The zero-order chi connectivity index (χ0) is 18.2. The standard InChI is InChI=1S/C20H28ClNO3S/c21-17-7-5-16(6-8-17)15-26-19-4-2-1-3-18(19)25-20(23)9-10-22-11-13-24-14-12-22/h5-8,18-19H,1-4,9-15H2. The number of nitrogens with zero attached hydrogens (tertiary/aromatic N) is 1. The minimum Gasteiger partial charge on any atom is -0.461 e. The van der Waals surface area contributed by atoms with E-state index in [0.29, 0.717) is 11.7 Å². The lowest BCUT2D eigenvalue weighted by molar-refractivity contribution is -0.150. The first kappa shape index (κ1) is 20.0. The Bertz CT molecular complexity index is 563. The van der Waals surface area contributed by atoms with Gasteiger partial charge in [0, 0.05) is 35.7 Å². The first-order valence-corrected chi connectivity index (χ1v) is 11.0. The van der Waals surface area contributed by atoms with Crippen LogP contribution >= 0.6 is 23.4 Å². The summed E-state index contributed by atoms with van der Waals surface area (Å²) < 4.78 is 11.2. The van der Waals surface area contributed by atoms with Crippen LogP contribution in [0.4, 0.5) is 0 Å². The summed E-state index contributed by atoms with van der Waals surface area (Å²) in [6.07, 6.45) is 5.02. The highest BCUT2D eigenvalue weighted by molar-refractivity contribution is 7.99. The molecule has 2 aliphatic rings. The van der Waals surface area contributed by atoms with Crippen LogP contribution in [0, 0.1) is 0 Å². The van der Waals surface area contributed by atoms with Crippen molar-refractivity contribution in [3.05, 3.63) is 34.9 Å². The van der Waals surface area contributed by atoms with Crippen LogP contribution in [-0.4, -0.2) is 55.1 Å². The zero-order valence-corrected chi connectivity index (χ0v) is 16.8. The number of hydrogen-bond donors (Lipinski definition) is 0. The first-order valence-electron chi connectivity index (χ1n) is 9.56. The van der Waals surface area contributed by atoms with Gasteiger partial charge in [0.05, 0.1) is 19.6 Å². The molecule has 1 aliphatic carbocycles. The summed E-state index contributed by atoms with van der Waals surface area (Å²) in [6.45, 7) is 4.13. The molecule has 2 fully saturated rings. The Morgan fingerprint density at radius 1 is 1.19 bits per heavy atom. The van der Waals surface area contributed by atoms with Crippen LogP contribution in [-0.2, 0) is 20.0 Å². The van der Waals surface area contributed by atoms with Gasteiger partial charge in [0.25, 0.3) is 0 Å². The van der Waals surface area contributed by atoms with Crippen molar-refractivity contribution in [2.24, 2.45) is 0 Å². The van der Waals surface area contributed by atoms with Crippen molar-refractivity contribution in [2.75, 3.05) is 32.8 Å². The van der Waals surface area contributed by atoms with Crippen molar-refractivity contribution >= 4 is 29.3 Å². The van der Waals surface area contributed by atoms with E-state index in [1.54, 1.807) is 0 Å². The molecule has 4 nitrogen and oxygen atoms in total. The van der Waals surface area contributed by atoms with Crippen molar-refractivity contribution in [1.82, 2.24) is 4.90 Å². The number of esters is 1. The molecule has 0 amide bonds. The topological polar surface area (TPSA) is 38.8 Å². The molecule has 1 saturated carbocycles. The highest BCUT2D eigenvalue weighted by atomic mass is 35.5. The van der Waals surface area contributed by atoms with E-state index in [9.17, 15) is 4.79 Å². The minimum atomic E-state index is -0.0551. The fourth-order valence-corrected chi connectivity index (χ4v) is 4.94. The third-order valence-electron chi connectivity index (χ3n) is 5.04. The molecule has 1 heterocycles. The molecule has 0 N–H and O–H groups in total. The summed E-state index contributed by atoms with van der Waals surface area (Å²) in [5.74, 6) is 0.879. The second-order valence-electron chi connectivity index (χ2n) is 6.99. The Hall–Kier alpha value is -0.750. The van der Waals surface area contributed by atoms with Crippen molar-refractivity contribution in [2.45, 2.75) is 49.2 Å². The van der Waals surface area contributed by atoms with Crippen LogP contribution < -0.4 is 0 Å². The molecule has 2 unspecified atom stereocenters. The molecule has 1 saturated heterocycles. The van der Waals surface area contributed by atoms with E-state index >= 15 is 0 Å². The summed E-state index contributed by atoms with van der Waals surface area (Å²) in [4.78, 5) is 14.6. The largest absolute Gasteiger partial charge is 0.461 e. The van der Waals surface area contributed by atoms with Crippen molar-refractivity contribution < 1.29 is 14.3 Å². The van der Waals surface area contributed by atoms with E-state index < -0.39 is 0 Å². The molecule has 1 aliphatic heterocycles. The highest BCUT2D eigenvalue weighted by Crippen LogP contribution is 2.33. The monoisotopic (exact) mass is 397 g/mol. The molecule has 0 radical (unpaired) electrons. The molecule has 0 aromatic heterocycles. The summed E-state index contributed by atoms with van der Waals surface area (Å²) in [7, 11) is 0. The van der Waals surface area contributed by atoms with Crippen LogP contribution in [0.5, 0.6) is 0 Å². The van der Waals surface area contributed by atoms with Crippen molar-refractivity contribution in [1.29, 1.82) is 0 Å². The molecule has 3 rings (SSSR count). The highest BCUT2D eigenvalue weighted by Gasteiger charge is 2.28. The minimum absolute atomic E-state index is 0.0539. The van der Waals surface area contributed by atoms with Crippen LogP contribution in [0.1, 0.15) is 37.7 Å². The molecule has 144 valence electrons. The van der Waals surface area contributed by atoms with E-state index in [1.807, 2.05) is 23.9 Å². The number of benzene rings is 1. The second kappa shape index (κ2) is 10.5. The zero-order valence-electron chi connectivity index (χ0n) is 15.2. The normalized spacial score (nSPS) is 24.3. The van der Waals surface area contributed by atoms with E-state index in [1.165, 1.54) is 12.0 Å². The Morgan fingerprint density at radius 3 is 2.69 bits per heavy atom. The van der Waals surface area contributed by atoms with Gasteiger partial charge in [-0.15, -0.1) is 11.8 Å². The second-order valence-corrected chi connectivity index (χ2v) is 8.66. The average Bonchev–Trinajstić information content (AvgIpc) is 2.68. The number of rotatable bonds is 7. The van der Waals surface area contributed by atoms with Gasteiger partial charge in [-0.1, -0.05) is 30.2 Å². The van der Waals surface area contributed by atoms with Crippen LogP contribution in [0.2, 0.25) is 5.02 Å². The van der Waals surface area contributed by atoms with Gasteiger partial charge in [0.1, 0.15) is 6.10 Å². The van der Waals surface area contributed by atoms with E-state index in [-0.39, 0.29) is 12.1 Å². The smallest absolute Gasteiger partial charge is 0.307 e. The van der Waals surface area contributed by atoms with Crippen molar-refractivity contribution in [3.63, 3.8) is 0 Å². The van der Waals surface area contributed by atoms with E-state index in [2.05, 4.69) is 17.0 Å².